The maximum Gasteiger partial charge on any atom is 0.345 e. The quantitative estimate of drug-likeness (QED) is 0.687. The molecule has 0 bridgehead atoms. The fraction of sp³-hybridized carbons (Fsp3) is 1.00. The van der Waals surface area contributed by atoms with Crippen molar-refractivity contribution in [3.05, 3.63) is 0 Å². The molecular weight excluding hydrogens is 152 g/mol. The highest BCUT2D eigenvalue weighted by Gasteiger charge is 2.30. The van der Waals surface area contributed by atoms with Gasteiger partial charge in [-0.2, -0.15) is 8.78 Å². The molecule has 0 radical (unpaired) electrons. The summed E-state index contributed by atoms with van der Waals surface area (Å²) >= 11 is 0. The molecule has 1 fully saturated rings. The van der Waals surface area contributed by atoms with Gasteiger partial charge >= 0.3 is 6.61 Å². The number of hydrogen-bond acceptors (Lipinski definition) is 2. The molecule has 1 aliphatic rings. The predicted octanol–water partition coefficient (Wildman–Crippen LogP) is 1.50. The fourth-order valence-corrected chi connectivity index (χ4v) is 1.45. The molecule has 0 aromatic rings. The second-order valence-corrected chi connectivity index (χ2v) is 3.14. The van der Waals surface area contributed by atoms with Crippen LogP contribution in [0.1, 0.15) is 25.7 Å². The van der Waals surface area contributed by atoms with Crippen LogP contribution in [0.5, 0.6) is 0 Å². The molecule has 11 heavy (non-hydrogen) atoms. The number of hydrogen-bond donors (Lipinski definition) is 1. The van der Waals surface area contributed by atoms with Crippen molar-refractivity contribution in [1.29, 1.82) is 0 Å². The van der Waals surface area contributed by atoms with Crippen LogP contribution in [0.2, 0.25) is 0 Å². The highest BCUT2D eigenvalue weighted by atomic mass is 19.3. The first-order valence-electron chi connectivity index (χ1n) is 3.81. The van der Waals surface area contributed by atoms with Crippen molar-refractivity contribution in [3.63, 3.8) is 0 Å². The number of nitrogens with two attached hydrogens (primary N) is 1. The van der Waals surface area contributed by atoms with E-state index in [0.29, 0.717) is 0 Å². The molecule has 2 N–H and O–H groups in total. The Bertz CT molecular complexity index is 124. The van der Waals surface area contributed by atoms with Gasteiger partial charge in [0.15, 0.2) is 0 Å². The summed E-state index contributed by atoms with van der Waals surface area (Å²) < 4.78 is 27.3. The molecule has 1 rings (SSSR count). The van der Waals surface area contributed by atoms with Crippen LogP contribution in [0, 0.1) is 0 Å². The topological polar surface area (TPSA) is 35.2 Å². The monoisotopic (exact) mass is 165 g/mol. The summed E-state index contributed by atoms with van der Waals surface area (Å²) in [4.78, 5) is 0. The van der Waals surface area contributed by atoms with E-state index in [1.807, 2.05) is 0 Å². The van der Waals surface area contributed by atoms with Crippen molar-refractivity contribution in [2.45, 2.75) is 37.8 Å². The molecule has 0 unspecified atom stereocenters. The van der Waals surface area contributed by atoms with Crippen LogP contribution in [0.15, 0.2) is 0 Å². The Balaban J connectivity index is 2.23. The Kier molecular flexibility index (Phi) is 2.78. The predicted molar refractivity (Wildman–Crippen MR) is 37.3 cm³/mol. The maximum atomic E-state index is 11.6. The number of halogens is 2. The van der Waals surface area contributed by atoms with Crippen LogP contribution in [-0.4, -0.2) is 18.8 Å². The molecule has 66 valence electrons. The van der Waals surface area contributed by atoms with Crippen LogP contribution in [0.4, 0.5) is 8.78 Å². The molecule has 2 nitrogen and oxygen atoms in total. The van der Waals surface area contributed by atoms with Gasteiger partial charge in [-0.3, -0.25) is 0 Å². The van der Waals surface area contributed by atoms with E-state index in [4.69, 9.17) is 5.73 Å². The van der Waals surface area contributed by atoms with Gasteiger partial charge in [-0.1, -0.05) is 12.8 Å². The number of rotatable bonds is 3. The molecule has 0 spiro atoms. The van der Waals surface area contributed by atoms with E-state index in [-0.39, 0.29) is 6.61 Å². The van der Waals surface area contributed by atoms with Crippen molar-refractivity contribution in [1.82, 2.24) is 0 Å². The van der Waals surface area contributed by atoms with Crippen molar-refractivity contribution in [3.8, 4) is 0 Å². The van der Waals surface area contributed by atoms with Gasteiger partial charge in [0.25, 0.3) is 0 Å². The number of alkyl halides is 2. The second kappa shape index (κ2) is 3.45. The maximum absolute atomic E-state index is 11.6. The molecule has 0 heterocycles. The summed E-state index contributed by atoms with van der Waals surface area (Å²) in [5.41, 5.74) is 5.27. The lowest BCUT2D eigenvalue weighted by Crippen LogP contribution is -2.41. The van der Waals surface area contributed by atoms with Crippen molar-refractivity contribution < 1.29 is 13.5 Å². The van der Waals surface area contributed by atoms with E-state index in [9.17, 15) is 8.78 Å². The summed E-state index contributed by atoms with van der Waals surface area (Å²) in [6.45, 7) is -2.69. The van der Waals surface area contributed by atoms with Gasteiger partial charge in [-0.25, -0.2) is 0 Å². The Labute approximate surface area is 64.7 Å². The van der Waals surface area contributed by atoms with E-state index in [1.54, 1.807) is 0 Å². The van der Waals surface area contributed by atoms with Gasteiger partial charge in [0.05, 0.1) is 6.61 Å². The Morgan fingerprint density at radius 1 is 1.36 bits per heavy atom. The zero-order valence-corrected chi connectivity index (χ0v) is 6.35. The van der Waals surface area contributed by atoms with Gasteiger partial charge in [-0.05, 0) is 12.8 Å². The van der Waals surface area contributed by atoms with Crippen LogP contribution in [-0.2, 0) is 4.74 Å². The third kappa shape index (κ3) is 2.71. The molecule has 0 amide bonds. The minimum Gasteiger partial charge on any atom is -0.323 e. The largest absolute Gasteiger partial charge is 0.345 e. The molecule has 0 aromatic carbocycles. The third-order valence-corrected chi connectivity index (χ3v) is 2.10. The van der Waals surface area contributed by atoms with Crippen LogP contribution in [0.3, 0.4) is 0 Å². The first kappa shape index (κ1) is 8.87. The Hall–Kier alpha value is -0.220. The molecule has 1 aliphatic carbocycles. The van der Waals surface area contributed by atoms with Crippen molar-refractivity contribution in [2.75, 3.05) is 6.61 Å². The average Bonchev–Trinajstić information content (AvgIpc) is 2.33. The molecular formula is C7H13F2NO. The first-order valence-corrected chi connectivity index (χ1v) is 3.81. The van der Waals surface area contributed by atoms with Crippen molar-refractivity contribution >= 4 is 0 Å². The van der Waals surface area contributed by atoms with Crippen LogP contribution in [0.25, 0.3) is 0 Å². The summed E-state index contributed by atoms with van der Waals surface area (Å²) in [5.74, 6) is 0. The molecule has 0 aromatic heterocycles. The Morgan fingerprint density at radius 3 is 2.36 bits per heavy atom. The zero-order chi connectivity index (χ0) is 8.32. The molecule has 0 aliphatic heterocycles. The Morgan fingerprint density at radius 2 is 1.91 bits per heavy atom. The fourth-order valence-electron chi connectivity index (χ4n) is 1.45. The average molecular weight is 165 g/mol. The summed E-state index contributed by atoms with van der Waals surface area (Å²) in [6.07, 6.45) is 3.67. The molecule has 1 saturated carbocycles. The number of ether oxygens (including phenoxy) is 1. The molecule has 4 heteroatoms. The second-order valence-electron chi connectivity index (χ2n) is 3.14. The highest BCUT2D eigenvalue weighted by molar-refractivity contribution is 4.88. The van der Waals surface area contributed by atoms with Gasteiger partial charge < -0.3 is 10.5 Å². The van der Waals surface area contributed by atoms with Crippen LogP contribution >= 0.6 is 0 Å². The van der Waals surface area contributed by atoms with E-state index >= 15 is 0 Å². The van der Waals surface area contributed by atoms with E-state index in [2.05, 4.69) is 4.74 Å². The highest BCUT2D eigenvalue weighted by Crippen LogP contribution is 2.27. The lowest BCUT2D eigenvalue weighted by Gasteiger charge is -2.22. The standard InChI is InChI=1S/C7H13F2NO/c8-6(9)11-5-7(10)3-1-2-4-7/h6H,1-5,10H2. The summed E-state index contributed by atoms with van der Waals surface area (Å²) in [5, 5.41) is 0. The van der Waals surface area contributed by atoms with Gasteiger partial charge in [-0.15, -0.1) is 0 Å². The van der Waals surface area contributed by atoms with Gasteiger partial charge in [0.1, 0.15) is 0 Å². The van der Waals surface area contributed by atoms with Crippen molar-refractivity contribution in [2.24, 2.45) is 5.73 Å². The first-order chi connectivity index (χ1) is 5.12. The van der Waals surface area contributed by atoms with E-state index in [0.717, 1.165) is 25.7 Å². The van der Waals surface area contributed by atoms with Gasteiger partial charge in [0.2, 0.25) is 0 Å². The molecule has 0 atom stereocenters. The SMILES string of the molecule is NC1(COC(F)F)CCCC1. The van der Waals surface area contributed by atoms with E-state index < -0.39 is 12.2 Å². The third-order valence-electron chi connectivity index (χ3n) is 2.10. The lowest BCUT2D eigenvalue weighted by molar-refractivity contribution is -0.140. The van der Waals surface area contributed by atoms with Crippen LogP contribution < -0.4 is 5.73 Å². The van der Waals surface area contributed by atoms with Gasteiger partial charge in [0, 0.05) is 5.54 Å². The summed E-state index contributed by atoms with van der Waals surface area (Å²) in [7, 11) is 0. The summed E-state index contributed by atoms with van der Waals surface area (Å²) in [6, 6.07) is 0. The zero-order valence-electron chi connectivity index (χ0n) is 6.35. The molecule has 0 saturated heterocycles. The smallest absolute Gasteiger partial charge is 0.323 e. The van der Waals surface area contributed by atoms with E-state index in [1.165, 1.54) is 0 Å². The minimum atomic E-state index is -2.68. The normalized spacial score (nSPS) is 22.9. The minimum absolute atomic E-state index is 0.00926. The lowest BCUT2D eigenvalue weighted by atomic mass is 10.0.